The molecule has 3 rings (SSSR count). The number of sulfonamides is 1. The van der Waals surface area contributed by atoms with Crippen LogP contribution in [0.3, 0.4) is 0 Å². The van der Waals surface area contributed by atoms with Crippen LogP contribution in [-0.2, 0) is 33.8 Å². The van der Waals surface area contributed by atoms with E-state index in [1.807, 2.05) is 29.0 Å². The van der Waals surface area contributed by atoms with E-state index in [1.54, 1.807) is 0 Å². The summed E-state index contributed by atoms with van der Waals surface area (Å²) in [7, 11) is -3.96. The van der Waals surface area contributed by atoms with E-state index in [4.69, 9.17) is 0 Å². The molecule has 2 aromatic rings. The highest BCUT2D eigenvalue weighted by Gasteiger charge is 2.36. The molecule has 1 N–H and O–H groups in total. The monoisotopic (exact) mass is 387 g/mol. The fourth-order valence-electron chi connectivity index (χ4n) is 2.87. The normalized spacial score (nSPS) is 16.3. The van der Waals surface area contributed by atoms with Crippen LogP contribution in [0.25, 0.3) is 0 Å². The molecule has 10 heteroatoms. The van der Waals surface area contributed by atoms with Crippen LogP contribution in [0.15, 0.2) is 36.5 Å². The Hall–Kier alpha value is -2.36. The number of rotatable bonds is 4. The van der Waals surface area contributed by atoms with Crippen LogP contribution in [0.1, 0.15) is 29.8 Å². The van der Waals surface area contributed by atoms with Gasteiger partial charge in [-0.25, -0.2) is 8.42 Å². The van der Waals surface area contributed by atoms with Crippen LogP contribution >= 0.6 is 0 Å². The van der Waals surface area contributed by atoms with Gasteiger partial charge in [-0.1, -0.05) is 24.3 Å². The number of carbonyl (C=O) groups is 1. The number of alkyl halides is 3. The molecule has 1 aromatic carbocycles. The number of benzene rings is 1. The average molecular weight is 387 g/mol. The number of nitrogens with zero attached hydrogens (tertiary/aromatic N) is 2. The first-order valence-electron chi connectivity index (χ1n) is 7.82. The molecule has 0 spiro atoms. The van der Waals surface area contributed by atoms with Gasteiger partial charge in [0.15, 0.2) is 5.69 Å². The Morgan fingerprint density at radius 2 is 1.81 bits per heavy atom. The first-order valence-corrected chi connectivity index (χ1v) is 9.37. The number of halogens is 3. The number of fused-ring (bicyclic) bond motifs is 1. The van der Waals surface area contributed by atoms with E-state index in [2.05, 4.69) is 5.10 Å². The lowest BCUT2D eigenvalue weighted by Gasteiger charge is -2.16. The Kier molecular flexibility index (Phi) is 4.55. The summed E-state index contributed by atoms with van der Waals surface area (Å²) in [5.74, 6) is -0.933. The lowest BCUT2D eigenvalue weighted by Crippen LogP contribution is -2.41. The van der Waals surface area contributed by atoms with Crippen LogP contribution in [0.2, 0.25) is 0 Å². The number of hydrogen-bond acceptors (Lipinski definition) is 4. The molecular weight excluding hydrogens is 371 g/mol. The molecule has 0 fully saturated rings. The fourth-order valence-corrected chi connectivity index (χ4v) is 4.29. The maximum Gasteiger partial charge on any atom is 0.435 e. The van der Waals surface area contributed by atoms with E-state index in [9.17, 15) is 26.4 Å². The van der Waals surface area contributed by atoms with Crippen molar-refractivity contribution >= 4 is 15.9 Å². The average Bonchev–Trinajstić information content (AvgIpc) is 3.20. The largest absolute Gasteiger partial charge is 0.435 e. The standard InChI is InChI=1S/C16H16F3N3O3S/c1-10(22-7-6-14(20-22)16(17,18)19)15(23)21-26(24,25)13-8-11-4-2-3-5-12(11)9-13/h2-7,10,13H,8-9H2,1H3,(H,21,23). The predicted molar refractivity (Wildman–Crippen MR) is 86.6 cm³/mol. The molecule has 26 heavy (non-hydrogen) atoms. The molecule has 6 nitrogen and oxygen atoms in total. The zero-order chi connectivity index (χ0) is 19.1. The smallest absolute Gasteiger partial charge is 0.272 e. The molecule has 140 valence electrons. The zero-order valence-electron chi connectivity index (χ0n) is 13.7. The first kappa shape index (κ1) is 18.4. The van der Waals surface area contributed by atoms with Gasteiger partial charge in [-0.2, -0.15) is 18.3 Å². The van der Waals surface area contributed by atoms with E-state index in [1.165, 1.54) is 6.92 Å². The Balaban J connectivity index is 1.70. The van der Waals surface area contributed by atoms with Gasteiger partial charge in [0.1, 0.15) is 6.04 Å². The summed E-state index contributed by atoms with van der Waals surface area (Å²) in [6.45, 7) is 1.28. The number of carbonyl (C=O) groups excluding carboxylic acids is 1. The van der Waals surface area contributed by atoms with E-state index < -0.39 is 39.1 Å². The summed E-state index contributed by atoms with van der Waals surface area (Å²) in [6, 6.07) is 6.81. The van der Waals surface area contributed by atoms with Crippen molar-refractivity contribution in [2.24, 2.45) is 0 Å². The number of nitrogens with one attached hydrogen (secondary N) is 1. The van der Waals surface area contributed by atoms with Gasteiger partial charge in [0.25, 0.3) is 5.91 Å². The second-order valence-electron chi connectivity index (χ2n) is 6.17. The highest BCUT2D eigenvalue weighted by atomic mass is 32.2. The summed E-state index contributed by atoms with van der Waals surface area (Å²) >= 11 is 0. The summed E-state index contributed by atoms with van der Waals surface area (Å²) < 4.78 is 65.5. The van der Waals surface area contributed by atoms with Crippen LogP contribution in [-0.4, -0.2) is 29.4 Å². The molecule has 1 atom stereocenters. The highest BCUT2D eigenvalue weighted by molar-refractivity contribution is 7.90. The van der Waals surface area contributed by atoms with Gasteiger partial charge in [0, 0.05) is 6.20 Å². The zero-order valence-corrected chi connectivity index (χ0v) is 14.5. The van der Waals surface area contributed by atoms with Crippen molar-refractivity contribution in [3.8, 4) is 0 Å². The van der Waals surface area contributed by atoms with E-state index >= 15 is 0 Å². The Morgan fingerprint density at radius 1 is 1.23 bits per heavy atom. The quantitative estimate of drug-likeness (QED) is 0.871. The minimum Gasteiger partial charge on any atom is -0.272 e. The van der Waals surface area contributed by atoms with Crippen LogP contribution < -0.4 is 4.72 Å². The lowest BCUT2D eigenvalue weighted by atomic mass is 10.1. The van der Waals surface area contributed by atoms with E-state index in [0.717, 1.165) is 28.1 Å². The number of amides is 1. The number of hydrogen-bond donors (Lipinski definition) is 1. The Labute approximate surface area is 148 Å². The molecule has 0 saturated carbocycles. The van der Waals surface area contributed by atoms with Crippen molar-refractivity contribution in [2.75, 3.05) is 0 Å². The summed E-state index contributed by atoms with van der Waals surface area (Å²) in [6.07, 6.45) is -3.07. The van der Waals surface area contributed by atoms with Crippen LogP contribution in [0, 0.1) is 0 Å². The van der Waals surface area contributed by atoms with Crippen molar-refractivity contribution in [1.29, 1.82) is 0 Å². The summed E-state index contributed by atoms with van der Waals surface area (Å²) in [5.41, 5.74) is 0.668. The SMILES string of the molecule is CC(C(=O)NS(=O)(=O)C1Cc2ccccc2C1)n1ccc(C(F)(F)F)n1. The highest BCUT2D eigenvalue weighted by Crippen LogP contribution is 2.28. The van der Waals surface area contributed by atoms with Crippen molar-refractivity contribution in [2.45, 2.75) is 37.2 Å². The molecule has 1 unspecified atom stereocenters. The van der Waals surface area contributed by atoms with Gasteiger partial charge in [0.05, 0.1) is 5.25 Å². The molecular formula is C16H16F3N3O3S. The van der Waals surface area contributed by atoms with E-state index in [-0.39, 0.29) is 12.8 Å². The summed E-state index contributed by atoms with van der Waals surface area (Å²) in [5, 5.41) is 2.51. The second kappa shape index (κ2) is 6.42. The molecule has 1 amide bonds. The topological polar surface area (TPSA) is 81.1 Å². The van der Waals surface area contributed by atoms with Gasteiger partial charge >= 0.3 is 6.18 Å². The van der Waals surface area contributed by atoms with Crippen LogP contribution in [0.4, 0.5) is 13.2 Å². The summed E-state index contributed by atoms with van der Waals surface area (Å²) in [4.78, 5) is 12.2. The minimum absolute atomic E-state index is 0.285. The van der Waals surface area contributed by atoms with Crippen molar-refractivity contribution < 1.29 is 26.4 Å². The van der Waals surface area contributed by atoms with Gasteiger partial charge in [-0.3, -0.25) is 14.2 Å². The predicted octanol–water partition coefficient (Wildman–Crippen LogP) is 2.08. The fraction of sp³-hybridized carbons (Fsp3) is 0.375. The van der Waals surface area contributed by atoms with E-state index in [0.29, 0.717) is 0 Å². The molecule has 1 aromatic heterocycles. The molecule has 1 aliphatic rings. The number of aromatic nitrogens is 2. The third-order valence-electron chi connectivity index (χ3n) is 4.37. The van der Waals surface area contributed by atoms with Gasteiger partial charge < -0.3 is 0 Å². The molecule has 0 aliphatic heterocycles. The lowest BCUT2D eigenvalue weighted by molar-refractivity contribution is -0.142. The first-order chi connectivity index (χ1) is 12.1. The minimum atomic E-state index is -4.64. The Morgan fingerprint density at radius 3 is 2.31 bits per heavy atom. The molecule has 0 saturated heterocycles. The van der Waals surface area contributed by atoms with Crippen molar-refractivity contribution in [3.63, 3.8) is 0 Å². The second-order valence-corrected chi connectivity index (χ2v) is 8.13. The van der Waals surface area contributed by atoms with Crippen molar-refractivity contribution in [3.05, 3.63) is 53.3 Å². The molecule has 0 radical (unpaired) electrons. The maximum absolute atomic E-state index is 12.6. The van der Waals surface area contributed by atoms with Gasteiger partial charge in [-0.15, -0.1) is 0 Å². The third-order valence-corrected chi connectivity index (χ3v) is 6.07. The third kappa shape index (κ3) is 3.59. The Bertz CT molecular complexity index is 912. The van der Waals surface area contributed by atoms with Gasteiger partial charge in [0.2, 0.25) is 10.0 Å². The molecule has 1 aliphatic carbocycles. The van der Waals surface area contributed by atoms with Crippen LogP contribution in [0.5, 0.6) is 0 Å². The van der Waals surface area contributed by atoms with Gasteiger partial charge in [-0.05, 0) is 37.0 Å². The maximum atomic E-state index is 12.6. The molecule has 1 heterocycles. The molecule has 0 bridgehead atoms. The van der Waals surface area contributed by atoms with Crippen molar-refractivity contribution in [1.82, 2.24) is 14.5 Å².